The first-order valence-corrected chi connectivity index (χ1v) is 7.80. The number of hydrogen-bond acceptors (Lipinski definition) is 3. The third-order valence-electron chi connectivity index (χ3n) is 3.91. The zero-order chi connectivity index (χ0) is 13.4. The van der Waals surface area contributed by atoms with Crippen LogP contribution in [-0.2, 0) is 0 Å². The van der Waals surface area contributed by atoms with E-state index in [0.29, 0.717) is 5.92 Å². The Hall–Kier alpha value is -1.35. The van der Waals surface area contributed by atoms with Crippen LogP contribution in [0.5, 0.6) is 0 Å². The van der Waals surface area contributed by atoms with Crippen LogP contribution in [0.3, 0.4) is 0 Å². The zero-order valence-electron chi connectivity index (χ0n) is 11.5. The highest BCUT2D eigenvalue weighted by molar-refractivity contribution is 7.16. The standard InChI is InChI=1S/C16H19NOS/c1-11-5-6-15-13(8-11)16(18)14(10-19-15)17-7-3-4-12(2)9-17/h5-6,8,10,12H,3-4,7,9H2,1-2H3/t12-/m0/s1. The highest BCUT2D eigenvalue weighted by Crippen LogP contribution is 2.25. The Morgan fingerprint density at radius 2 is 2.21 bits per heavy atom. The minimum atomic E-state index is 0.201. The summed E-state index contributed by atoms with van der Waals surface area (Å²) in [7, 11) is 0. The fourth-order valence-corrected chi connectivity index (χ4v) is 3.78. The summed E-state index contributed by atoms with van der Waals surface area (Å²) in [6.45, 7) is 6.34. The van der Waals surface area contributed by atoms with Crippen LogP contribution in [0.4, 0.5) is 5.69 Å². The van der Waals surface area contributed by atoms with Crippen LogP contribution in [0, 0.1) is 12.8 Å². The van der Waals surface area contributed by atoms with Crippen LogP contribution in [-0.4, -0.2) is 13.1 Å². The van der Waals surface area contributed by atoms with Gasteiger partial charge in [0, 0.05) is 28.6 Å². The molecule has 2 nitrogen and oxygen atoms in total. The van der Waals surface area contributed by atoms with Crippen molar-refractivity contribution in [3.05, 3.63) is 39.4 Å². The molecule has 1 fully saturated rings. The number of benzene rings is 1. The summed E-state index contributed by atoms with van der Waals surface area (Å²) in [5.74, 6) is 0.686. The first-order chi connectivity index (χ1) is 9.15. The van der Waals surface area contributed by atoms with Crippen molar-refractivity contribution in [2.45, 2.75) is 26.7 Å². The maximum atomic E-state index is 12.7. The highest BCUT2D eigenvalue weighted by Gasteiger charge is 2.19. The first kappa shape index (κ1) is 12.7. The van der Waals surface area contributed by atoms with Crippen LogP contribution in [0.1, 0.15) is 25.3 Å². The Bertz CT molecular complexity index is 661. The fraction of sp³-hybridized carbons (Fsp3) is 0.438. The molecule has 3 heteroatoms. The van der Waals surface area contributed by atoms with Crippen molar-refractivity contribution in [1.29, 1.82) is 0 Å². The second-order valence-corrected chi connectivity index (χ2v) is 6.55. The number of nitrogens with zero attached hydrogens (tertiary/aromatic N) is 1. The normalized spacial score (nSPS) is 19.9. The number of anilines is 1. The summed E-state index contributed by atoms with van der Waals surface area (Å²) in [5.41, 5.74) is 2.25. The van der Waals surface area contributed by atoms with E-state index in [4.69, 9.17) is 0 Å². The van der Waals surface area contributed by atoms with Gasteiger partial charge in [0.05, 0.1) is 5.69 Å². The lowest BCUT2D eigenvalue weighted by Crippen LogP contribution is -2.36. The lowest BCUT2D eigenvalue weighted by molar-refractivity contribution is 0.446. The number of fused-ring (bicyclic) bond motifs is 1. The minimum absolute atomic E-state index is 0.201. The Labute approximate surface area is 117 Å². The van der Waals surface area contributed by atoms with Crippen LogP contribution in [0.2, 0.25) is 0 Å². The third-order valence-corrected chi connectivity index (χ3v) is 4.86. The molecule has 1 aliphatic rings. The second kappa shape index (κ2) is 4.97. The number of aryl methyl sites for hydroxylation is 1. The van der Waals surface area contributed by atoms with Crippen LogP contribution in [0.25, 0.3) is 10.1 Å². The van der Waals surface area contributed by atoms with Crippen molar-refractivity contribution >= 4 is 27.1 Å². The van der Waals surface area contributed by atoms with Gasteiger partial charge in [-0.1, -0.05) is 18.6 Å². The van der Waals surface area contributed by atoms with Gasteiger partial charge in [-0.05, 0) is 37.8 Å². The van der Waals surface area contributed by atoms with E-state index in [9.17, 15) is 4.79 Å². The van der Waals surface area contributed by atoms with Gasteiger partial charge in [0.2, 0.25) is 5.43 Å². The van der Waals surface area contributed by atoms with E-state index < -0.39 is 0 Å². The molecule has 0 saturated carbocycles. The van der Waals surface area contributed by atoms with Crippen molar-refractivity contribution in [3.8, 4) is 0 Å². The number of rotatable bonds is 1. The first-order valence-electron chi connectivity index (χ1n) is 6.92. The predicted octanol–water partition coefficient (Wildman–Crippen LogP) is 3.81. The van der Waals surface area contributed by atoms with Crippen molar-refractivity contribution in [3.63, 3.8) is 0 Å². The van der Waals surface area contributed by atoms with Gasteiger partial charge < -0.3 is 4.90 Å². The molecule has 0 spiro atoms. The van der Waals surface area contributed by atoms with Gasteiger partial charge >= 0.3 is 0 Å². The van der Waals surface area contributed by atoms with Crippen molar-refractivity contribution in [1.82, 2.24) is 0 Å². The van der Waals surface area contributed by atoms with E-state index >= 15 is 0 Å². The minimum Gasteiger partial charge on any atom is -0.367 e. The Morgan fingerprint density at radius 3 is 3.00 bits per heavy atom. The Kier molecular flexibility index (Phi) is 3.31. The van der Waals surface area contributed by atoms with E-state index in [-0.39, 0.29) is 5.43 Å². The highest BCUT2D eigenvalue weighted by atomic mass is 32.1. The lowest BCUT2D eigenvalue weighted by atomic mass is 10.00. The molecule has 1 aromatic heterocycles. The van der Waals surface area contributed by atoms with Crippen LogP contribution < -0.4 is 10.3 Å². The lowest BCUT2D eigenvalue weighted by Gasteiger charge is -2.32. The summed E-state index contributed by atoms with van der Waals surface area (Å²) >= 11 is 1.68. The molecule has 100 valence electrons. The molecule has 0 aliphatic carbocycles. The van der Waals surface area contributed by atoms with Gasteiger partial charge in [-0.2, -0.15) is 0 Å². The van der Waals surface area contributed by atoms with Gasteiger partial charge in [-0.15, -0.1) is 11.3 Å². The molecule has 1 aromatic carbocycles. The molecule has 2 aromatic rings. The van der Waals surface area contributed by atoms with E-state index in [1.54, 1.807) is 11.3 Å². The van der Waals surface area contributed by atoms with Gasteiger partial charge in [0.25, 0.3) is 0 Å². The maximum absolute atomic E-state index is 12.7. The van der Waals surface area contributed by atoms with Crippen LogP contribution in [0.15, 0.2) is 28.4 Å². The van der Waals surface area contributed by atoms with E-state index in [0.717, 1.165) is 34.4 Å². The largest absolute Gasteiger partial charge is 0.367 e. The predicted molar refractivity (Wildman–Crippen MR) is 83.4 cm³/mol. The fourth-order valence-electron chi connectivity index (χ4n) is 2.86. The summed E-state index contributed by atoms with van der Waals surface area (Å²) in [6, 6.07) is 6.14. The molecule has 0 N–H and O–H groups in total. The molecular weight excluding hydrogens is 254 g/mol. The smallest absolute Gasteiger partial charge is 0.211 e. The molecule has 0 unspecified atom stereocenters. The average molecular weight is 273 g/mol. The van der Waals surface area contributed by atoms with Crippen molar-refractivity contribution < 1.29 is 0 Å². The van der Waals surface area contributed by atoms with Gasteiger partial charge in [0.1, 0.15) is 0 Å². The molecule has 1 aliphatic heterocycles. The summed E-state index contributed by atoms with van der Waals surface area (Å²) in [6.07, 6.45) is 2.47. The molecule has 0 amide bonds. The SMILES string of the molecule is Cc1ccc2scc(N3CCC[C@H](C)C3)c(=O)c2c1. The Balaban J connectivity index is 2.09. The molecule has 1 saturated heterocycles. The molecule has 2 heterocycles. The van der Waals surface area contributed by atoms with Gasteiger partial charge in [-0.3, -0.25) is 4.79 Å². The summed E-state index contributed by atoms with van der Waals surface area (Å²) in [5, 5.41) is 2.92. The number of piperidine rings is 1. The Morgan fingerprint density at radius 1 is 1.37 bits per heavy atom. The monoisotopic (exact) mass is 273 g/mol. The van der Waals surface area contributed by atoms with Gasteiger partial charge in [0.15, 0.2) is 0 Å². The molecule has 1 atom stereocenters. The molecule has 3 rings (SSSR count). The summed E-state index contributed by atoms with van der Waals surface area (Å²) < 4.78 is 1.09. The third kappa shape index (κ3) is 2.39. The molecular formula is C16H19NOS. The van der Waals surface area contributed by atoms with E-state index in [1.807, 2.05) is 18.4 Å². The van der Waals surface area contributed by atoms with Gasteiger partial charge in [-0.25, -0.2) is 0 Å². The number of hydrogen-bond donors (Lipinski definition) is 0. The molecule has 0 radical (unpaired) electrons. The van der Waals surface area contributed by atoms with E-state index in [2.05, 4.69) is 24.0 Å². The quantitative estimate of drug-likeness (QED) is 0.787. The van der Waals surface area contributed by atoms with Crippen molar-refractivity contribution in [2.24, 2.45) is 5.92 Å². The zero-order valence-corrected chi connectivity index (χ0v) is 12.3. The average Bonchev–Trinajstić information content (AvgIpc) is 2.40. The maximum Gasteiger partial charge on any atom is 0.211 e. The molecule has 19 heavy (non-hydrogen) atoms. The van der Waals surface area contributed by atoms with E-state index in [1.165, 1.54) is 12.8 Å². The molecule has 0 bridgehead atoms. The van der Waals surface area contributed by atoms with Crippen LogP contribution >= 0.6 is 11.3 Å². The summed E-state index contributed by atoms with van der Waals surface area (Å²) in [4.78, 5) is 14.9. The topological polar surface area (TPSA) is 20.3 Å². The van der Waals surface area contributed by atoms with Crippen molar-refractivity contribution in [2.75, 3.05) is 18.0 Å². The second-order valence-electron chi connectivity index (χ2n) is 5.64.